The van der Waals surface area contributed by atoms with Gasteiger partial charge in [0.2, 0.25) is 0 Å². The van der Waals surface area contributed by atoms with Gasteiger partial charge in [-0.2, -0.15) is 15.0 Å². The fraction of sp³-hybridized carbons (Fsp3) is 0.286. The highest BCUT2D eigenvalue weighted by atomic mass is 35.5. The lowest BCUT2D eigenvalue weighted by molar-refractivity contribution is 0.291. The van der Waals surface area contributed by atoms with Gasteiger partial charge in [0, 0.05) is 31.0 Å². The third kappa shape index (κ3) is 4.11. The monoisotopic (exact) mass is 412 g/mol. The molecule has 4 aromatic rings. The molecule has 7 nitrogen and oxygen atoms in total. The summed E-state index contributed by atoms with van der Waals surface area (Å²) < 4.78 is 0. The van der Waals surface area contributed by atoms with Gasteiger partial charge in [0.1, 0.15) is 16.8 Å². The van der Waals surface area contributed by atoms with Crippen LogP contribution in [0.25, 0.3) is 21.9 Å². The Kier molecular flexibility index (Phi) is 6.20. The summed E-state index contributed by atoms with van der Waals surface area (Å²) >= 11 is 0. The number of pyridine rings is 1. The molecule has 29 heavy (non-hydrogen) atoms. The smallest absolute Gasteiger partial charge is 0.124 e. The number of fused-ring (bicyclic) bond motifs is 3. The molecule has 0 amide bonds. The molecule has 0 aliphatic heterocycles. The van der Waals surface area contributed by atoms with Crippen LogP contribution >= 0.6 is 12.4 Å². The van der Waals surface area contributed by atoms with Crippen molar-refractivity contribution in [2.45, 2.75) is 20.4 Å². The molecule has 0 aliphatic rings. The topological polar surface area (TPSA) is 79.1 Å². The number of aromatic hydroxyl groups is 1. The zero-order chi connectivity index (χ0) is 19.7. The van der Waals surface area contributed by atoms with Crippen molar-refractivity contribution in [3.05, 3.63) is 48.2 Å². The number of halogens is 1. The van der Waals surface area contributed by atoms with E-state index in [4.69, 9.17) is 0 Å². The summed E-state index contributed by atoms with van der Waals surface area (Å²) in [5, 5.41) is 23.6. The lowest BCUT2D eigenvalue weighted by atomic mass is 10.1. The third-order valence-corrected chi connectivity index (χ3v) is 5.00. The van der Waals surface area contributed by atoms with E-state index in [0.29, 0.717) is 12.3 Å². The molecule has 0 fully saturated rings. The van der Waals surface area contributed by atoms with Gasteiger partial charge in [0.05, 0.1) is 16.6 Å². The first kappa shape index (κ1) is 20.8. The Labute approximate surface area is 175 Å². The number of aromatic nitrogens is 4. The molecule has 2 N–H and O–H groups in total. The Morgan fingerprint density at radius 3 is 2.55 bits per heavy atom. The van der Waals surface area contributed by atoms with Gasteiger partial charge in [0.25, 0.3) is 0 Å². The van der Waals surface area contributed by atoms with E-state index < -0.39 is 0 Å². The van der Waals surface area contributed by atoms with Crippen LogP contribution < -0.4 is 5.32 Å². The number of hydrogen-bond donors (Lipinski definition) is 2. The second-order valence-electron chi connectivity index (χ2n) is 6.81. The molecule has 0 aliphatic carbocycles. The first-order valence-electron chi connectivity index (χ1n) is 9.49. The number of nitrogens with one attached hydrogen (secondary N) is 1. The van der Waals surface area contributed by atoms with Gasteiger partial charge in [-0.15, -0.1) is 12.4 Å². The highest BCUT2D eigenvalue weighted by Crippen LogP contribution is 2.32. The lowest BCUT2D eigenvalue weighted by Crippen LogP contribution is -2.22. The molecule has 0 radical (unpaired) electrons. The first-order valence-corrected chi connectivity index (χ1v) is 9.49. The van der Waals surface area contributed by atoms with E-state index in [1.165, 1.54) is 0 Å². The Hall–Kier alpha value is -2.90. The Morgan fingerprint density at radius 2 is 1.79 bits per heavy atom. The second kappa shape index (κ2) is 8.63. The van der Waals surface area contributed by atoms with Crippen molar-refractivity contribution >= 4 is 45.7 Å². The van der Waals surface area contributed by atoms with Crippen molar-refractivity contribution in [1.29, 1.82) is 0 Å². The number of phenolic OH excluding ortho intramolecular Hbond substituents is 1. The molecule has 2 aromatic carbocycles. The van der Waals surface area contributed by atoms with Crippen LogP contribution in [-0.2, 0) is 13.6 Å². The van der Waals surface area contributed by atoms with E-state index in [0.717, 1.165) is 52.0 Å². The fourth-order valence-corrected chi connectivity index (χ4v) is 3.46. The van der Waals surface area contributed by atoms with Crippen molar-refractivity contribution in [2.75, 3.05) is 18.4 Å². The van der Waals surface area contributed by atoms with E-state index >= 15 is 0 Å². The zero-order valence-corrected chi connectivity index (χ0v) is 17.6. The predicted octanol–water partition coefficient (Wildman–Crippen LogP) is 4.23. The number of rotatable bonds is 6. The number of nitrogens with zero attached hydrogens (tertiary/aromatic N) is 5. The number of hydrogen-bond acceptors (Lipinski definition) is 6. The van der Waals surface area contributed by atoms with Crippen LogP contribution in [0.1, 0.15) is 19.4 Å². The van der Waals surface area contributed by atoms with E-state index in [2.05, 4.69) is 39.2 Å². The third-order valence-electron chi connectivity index (χ3n) is 5.00. The Bertz CT molecular complexity index is 1140. The van der Waals surface area contributed by atoms with Gasteiger partial charge in [-0.1, -0.05) is 13.8 Å². The SMILES string of the molecule is CCN(CC)Cc1cc(Nc2ccnc3ccc4nn(C)nc4c23)ccc1O.Cl. The normalized spacial score (nSPS) is 11.2. The number of phenols is 1. The van der Waals surface area contributed by atoms with Gasteiger partial charge < -0.3 is 10.4 Å². The molecule has 152 valence electrons. The largest absolute Gasteiger partial charge is 0.508 e. The Balaban J connectivity index is 0.00000240. The summed E-state index contributed by atoms with van der Waals surface area (Å²) in [5.41, 5.74) is 5.23. The minimum atomic E-state index is 0. The summed E-state index contributed by atoms with van der Waals surface area (Å²) in [6, 6.07) is 11.4. The summed E-state index contributed by atoms with van der Waals surface area (Å²) in [5.74, 6) is 0.313. The molecule has 8 heteroatoms. The maximum Gasteiger partial charge on any atom is 0.124 e. The van der Waals surface area contributed by atoms with E-state index in [9.17, 15) is 5.11 Å². The van der Waals surface area contributed by atoms with E-state index in [1.54, 1.807) is 17.1 Å². The van der Waals surface area contributed by atoms with Crippen molar-refractivity contribution in [2.24, 2.45) is 7.05 Å². The number of anilines is 2. The van der Waals surface area contributed by atoms with Gasteiger partial charge in [-0.05, 0) is 49.5 Å². The lowest BCUT2D eigenvalue weighted by Gasteiger charge is -2.19. The van der Waals surface area contributed by atoms with Gasteiger partial charge in [-0.3, -0.25) is 9.88 Å². The van der Waals surface area contributed by atoms with Crippen LogP contribution in [0, 0.1) is 0 Å². The predicted molar refractivity (Wildman–Crippen MR) is 119 cm³/mol. The van der Waals surface area contributed by atoms with Crippen LogP contribution in [0.2, 0.25) is 0 Å². The molecule has 0 unspecified atom stereocenters. The van der Waals surface area contributed by atoms with Gasteiger partial charge in [-0.25, -0.2) is 0 Å². The maximum absolute atomic E-state index is 10.3. The minimum Gasteiger partial charge on any atom is -0.508 e. The summed E-state index contributed by atoms with van der Waals surface area (Å²) in [6.07, 6.45) is 1.78. The highest BCUT2D eigenvalue weighted by Gasteiger charge is 2.12. The maximum atomic E-state index is 10.3. The fourth-order valence-electron chi connectivity index (χ4n) is 3.46. The molecule has 0 spiro atoms. The van der Waals surface area contributed by atoms with Crippen LogP contribution in [0.3, 0.4) is 0 Å². The van der Waals surface area contributed by atoms with E-state index in [1.807, 2.05) is 37.4 Å². The zero-order valence-electron chi connectivity index (χ0n) is 16.8. The molecule has 0 bridgehead atoms. The van der Waals surface area contributed by atoms with Crippen molar-refractivity contribution < 1.29 is 5.11 Å². The van der Waals surface area contributed by atoms with Crippen LogP contribution in [0.15, 0.2) is 42.6 Å². The van der Waals surface area contributed by atoms with Crippen molar-refractivity contribution in [3.8, 4) is 5.75 Å². The molecule has 0 saturated heterocycles. The minimum absolute atomic E-state index is 0. The average molecular weight is 413 g/mol. The molecule has 0 atom stereocenters. The first-order chi connectivity index (χ1) is 13.6. The quantitative estimate of drug-likeness (QED) is 0.461. The van der Waals surface area contributed by atoms with Crippen LogP contribution in [0.4, 0.5) is 11.4 Å². The average Bonchev–Trinajstić information content (AvgIpc) is 3.08. The van der Waals surface area contributed by atoms with Crippen LogP contribution in [0.5, 0.6) is 5.75 Å². The molecule has 4 rings (SSSR count). The van der Waals surface area contributed by atoms with Gasteiger partial charge in [0.15, 0.2) is 0 Å². The Morgan fingerprint density at radius 1 is 1.03 bits per heavy atom. The molecule has 2 aromatic heterocycles. The standard InChI is InChI=1S/C21H24N6O.ClH/c1-4-27(5-2)13-14-12-15(6-9-19(14)28)23-17-10-11-22-16-7-8-18-21(20(16)17)25-26(3)24-18;/h6-12,28H,4-5,13H2,1-3H3,(H,22,23);1H. The number of benzene rings is 2. The van der Waals surface area contributed by atoms with E-state index in [-0.39, 0.29) is 12.4 Å². The second-order valence-corrected chi connectivity index (χ2v) is 6.81. The van der Waals surface area contributed by atoms with Crippen molar-refractivity contribution in [3.63, 3.8) is 0 Å². The molecular weight excluding hydrogens is 388 g/mol. The molecular formula is C21H25ClN6O. The van der Waals surface area contributed by atoms with Gasteiger partial charge >= 0.3 is 0 Å². The van der Waals surface area contributed by atoms with Crippen molar-refractivity contribution in [1.82, 2.24) is 24.9 Å². The van der Waals surface area contributed by atoms with Crippen LogP contribution in [-0.4, -0.2) is 43.1 Å². The summed E-state index contributed by atoms with van der Waals surface area (Å²) in [6.45, 7) is 6.83. The summed E-state index contributed by atoms with van der Waals surface area (Å²) in [4.78, 5) is 8.31. The number of aryl methyl sites for hydroxylation is 1. The molecule has 2 heterocycles. The highest BCUT2D eigenvalue weighted by molar-refractivity contribution is 6.09. The summed E-state index contributed by atoms with van der Waals surface area (Å²) in [7, 11) is 1.81. The molecule has 0 saturated carbocycles.